The van der Waals surface area contributed by atoms with Gasteiger partial charge in [0.15, 0.2) is 6.17 Å². The minimum atomic E-state index is -0.320. The molecule has 0 aliphatic carbocycles. The van der Waals surface area contributed by atoms with Crippen molar-refractivity contribution in [2.75, 3.05) is 0 Å². The maximum atomic E-state index is 11.4. The van der Waals surface area contributed by atoms with Crippen molar-refractivity contribution in [2.24, 2.45) is 4.99 Å². The predicted octanol–water partition coefficient (Wildman–Crippen LogP) is 12.7. The van der Waals surface area contributed by atoms with Crippen molar-refractivity contribution in [3.63, 3.8) is 0 Å². The van der Waals surface area contributed by atoms with Crippen LogP contribution in [0, 0.1) is 39.0 Å². The van der Waals surface area contributed by atoms with Crippen molar-refractivity contribution in [3.05, 3.63) is 202 Å². The number of nitriles is 1. The minimum Gasteiger partial charge on any atom is -0.317 e. The molecule has 0 spiro atoms. The molecule has 0 fully saturated rings. The molecular formula is C56H43N6S+. The Balaban J connectivity index is 1.16. The average molecular weight is 832 g/mol. The molecule has 2 unspecified atom stereocenters. The normalized spacial score (nSPS) is 15.4. The molecule has 6 nitrogen and oxygen atoms in total. The number of fused-ring (bicyclic) bond motifs is 9. The van der Waals surface area contributed by atoms with Gasteiger partial charge in [-0.2, -0.15) is 5.26 Å². The summed E-state index contributed by atoms with van der Waals surface area (Å²) < 4.78 is 7.36. The van der Waals surface area contributed by atoms with Crippen LogP contribution in [0.15, 0.2) is 163 Å². The molecule has 7 heteroatoms. The van der Waals surface area contributed by atoms with Crippen LogP contribution in [-0.4, -0.2) is 15.0 Å². The van der Waals surface area contributed by atoms with Gasteiger partial charge in [0.25, 0.3) is 0 Å². The number of aromatic nitrogens is 2. The van der Waals surface area contributed by atoms with Crippen molar-refractivity contribution in [1.29, 1.82) is 5.26 Å². The predicted molar refractivity (Wildman–Crippen MR) is 262 cm³/mol. The van der Waals surface area contributed by atoms with Crippen LogP contribution in [0.2, 0.25) is 0 Å². The molecule has 3 aromatic heterocycles. The number of aryl methyl sites for hydroxylation is 4. The number of nitrogens with zero attached hydrogens (tertiary/aromatic N) is 4. The highest BCUT2D eigenvalue weighted by atomic mass is 32.1. The Bertz CT molecular complexity index is 3650. The number of benzene rings is 8. The first-order valence-electron chi connectivity index (χ1n) is 21.6. The van der Waals surface area contributed by atoms with E-state index in [1.54, 1.807) is 0 Å². The van der Waals surface area contributed by atoms with E-state index in [4.69, 9.17) is 4.99 Å². The first-order chi connectivity index (χ1) is 30.9. The van der Waals surface area contributed by atoms with E-state index >= 15 is 0 Å². The zero-order valence-electron chi connectivity index (χ0n) is 35.4. The van der Waals surface area contributed by atoms with Crippen molar-refractivity contribution in [1.82, 2.24) is 14.5 Å². The van der Waals surface area contributed by atoms with Crippen molar-refractivity contribution < 1.29 is 5.32 Å². The summed E-state index contributed by atoms with van der Waals surface area (Å²) >= 11 is 1.83. The number of thiophene rings is 1. The molecule has 302 valence electrons. The van der Waals surface area contributed by atoms with Gasteiger partial charge in [0, 0.05) is 52.8 Å². The van der Waals surface area contributed by atoms with Gasteiger partial charge in [0.2, 0.25) is 6.17 Å². The van der Waals surface area contributed by atoms with Gasteiger partial charge in [-0.25, -0.2) is 4.99 Å². The molecule has 11 aromatic rings. The van der Waals surface area contributed by atoms with Crippen LogP contribution in [0.4, 0.5) is 0 Å². The third kappa shape index (κ3) is 5.69. The fourth-order valence-corrected chi connectivity index (χ4v) is 11.5. The average Bonchev–Trinajstić information content (AvgIpc) is 3.98. The third-order valence-corrected chi connectivity index (χ3v) is 14.4. The molecule has 8 aromatic carbocycles. The van der Waals surface area contributed by atoms with E-state index in [1.165, 1.54) is 52.8 Å². The van der Waals surface area contributed by atoms with Crippen LogP contribution in [0.25, 0.3) is 75.2 Å². The molecule has 12 rings (SSSR count). The van der Waals surface area contributed by atoms with E-state index in [2.05, 4.69) is 205 Å². The molecule has 0 bridgehead atoms. The Morgan fingerprint density at radius 2 is 1.06 bits per heavy atom. The Labute approximate surface area is 369 Å². The number of quaternary nitrogens is 1. The van der Waals surface area contributed by atoms with Crippen molar-refractivity contribution in [3.8, 4) is 17.4 Å². The highest BCUT2D eigenvalue weighted by Crippen LogP contribution is 2.42. The minimum absolute atomic E-state index is 0.261. The summed E-state index contributed by atoms with van der Waals surface area (Å²) in [5.74, 6) is 0.821. The fraction of sp³-hybridized carbons (Fsp3) is 0.107. The second-order valence-electron chi connectivity index (χ2n) is 17.1. The van der Waals surface area contributed by atoms with Crippen LogP contribution in [-0.2, 0) is 0 Å². The largest absolute Gasteiger partial charge is 0.317 e. The van der Waals surface area contributed by atoms with Crippen LogP contribution in [0.3, 0.4) is 0 Å². The first-order valence-corrected chi connectivity index (χ1v) is 22.4. The summed E-state index contributed by atoms with van der Waals surface area (Å²) in [6, 6.07) is 59.4. The molecule has 4 heterocycles. The van der Waals surface area contributed by atoms with E-state index in [9.17, 15) is 5.26 Å². The lowest BCUT2D eigenvalue weighted by atomic mass is 10.00. The molecule has 3 N–H and O–H groups in total. The van der Waals surface area contributed by atoms with Crippen molar-refractivity contribution >= 4 is 81.0 Å². The molecule has 63 heavy (non-hydrogen) atoms. The Hall–Kier alpha value is -7.50. The monoisotopic (exact) mass is 831 g/mol. The first kappa shape index (κ1) is 37.3. The lowest BCUT2D eigenvalue weighted by Crippen LogP contribution is -2.90. The van der Waals surface area contributed by atoms with Crippen LogP contribution in [0.1, 0.15) is 56.8 Å². The number of aliphatic imine (C=N–C) groups is 1. The SMILES string of the molecule is Cc1cccc2c3cccc(C)c3n(-c3cc(-n4c5c(C)cccc5c5cccc(C)c54)c(C4NC(c5ccccc5)=NC(c5ccc6c(c5)sc5ccccc56)[NH2+]4)cc3C#N)c12. The van der Waals surface area contributed by atoms with E-state index < -0.39 is 0 Å². The molecule has 0 amide bonds. The van der Waals surface area contributed by atoms with E-state index in [1.807, 2.05) is 17.4 Å². The third-order valence-electron chi connectivity index (χ3n) is 13.2. The van der Waals surface area contributed by atoms with E-state index in [0.29, 0.717) is 5.56 Å². The molecule has 1 aliphatic heterocycles. The lowest BCUT2D eigenvalue weighted by molar-refractivity contribution is -0.739. The van der Waals surface area contributed by atoms with Crippen molar-refractivity contribution in [2.45, 2.75) is 40.0 Å². The maximum Gasteiger partial charge on any atom is 0.209 e. The van der Waals surface area contributed by atoms with E-state index in [0.717, 1.165) is 67.1 Å². The van der Waals surface area contributed by atoms with Gasteiger partial charge < -0.3 is 14.5 Å². The van der Waals surface area contributed by atoms with Gasteiger partial charge in [-0.05, 0) is 74.2 Å². The molecule has 0 saturated heterocycles. The van der Waals surface area contributed by atoms with Crippen LogP contribution in [0.5, 0.6) is 0 Å². The second-order valence-corrected chi connectivity index (χ2v) is 18.1. The summed E-state index contributed by atoms with van der Waals surface area (Å²) in [5, 5.41) is 24.9. The van der Waals surface area contributed by atoms with Gasteiger partial charge in [0.05, 0.1) is 44.6 Å². The fourth-order valence-electron chi connectivity index (χ4n) is 10.4. The molecular weight excluding hydrogens is 789 g/mol. The zero-order chi connectivity index (χ0) is 42.5. The summed E-state index contributed by atoms with van der Waals surface area (Å²) in [5.41, 5.74) is 14.9. The van der Waals surface area contributed by atoms with Gasteiger partial charge in [-0.15, -0.1) is 11.3 Å². The molecule has 2 atom stereocenters. The smallest absolute Gasteiger partial charge is 0.209 e. The highest BCUT2D eigenvalue weighted by Gasteiger charge is 2.34. The Kier molecular flexibility index (Phi) is 8.45. The molecule has 0 saturated carbocycles. The summed E-state index contributed by atoms with van der Waals surface area (Å²) in [7, 11) is 0. The number of nitrogens with two attached hydrogens (primary N) is 1. The Morgan fingerprint density at radius 1 is 0.540 bits per heavy atom. The summed E-state index contributed by atoms with van der Waals surface area (Å²) in [4.78, 5) is 5.45. The topological polar surface area (TPSA) is 74.7 Å². The lowest BCUT2D eigenvalue weighted by Gasteiger charge is -2.31. The van der Waals surface area contributed by atoms with Crippen LogP contribution < -0.4 is 10.6 Å². The van der Waals surface area contributed by atoms with Gasteiger partial charge in [-0.1, -0.05) is 133 Å². The number of hydrogen-bond acceptors (Lipinski definition) is 4. The molecule has 0 radical (unpaired) electrons. The maximum absolute atomic E-state index is 11.4. The summed E-state index contributed by atoms with van der Waals surface area (Å²) in [6.07, 6.45) is -0.581. The number of rotatable bonds is 5. The van der Waals surface area contributed by atoms with Gasteiger partial charge in [-0.3, -0.25) is 5.32 Å². The Morgan fingerprint density at radius 3 is 1.65 bits per heavy atom. The van der Waals surface area contributed by atoms with Gasteiger partial charge in [0.1, 0.15) is 11.9 Å². The van der Waals surface area contributed by atoms with Gasteiger partial charge >= 0.3 is 0 Å². The number of hydrogen-bond donors (Lipinski definition) is 2. The molecule has 1 aliphatic rings. The standard InChI is InChI=1S/C56H42N6S/c1-32-14-10-21-41-42-22-11-15-33(2)51(42)61(50(32)41)46-30-47(62-52-34(3)16-12-23-43(52)44-24-13-17-35(4)53(44)62)45(28-38(46)31-57)56-59-54(36-18-6-5-7-19-36)58-55(60-56)37-26-27-40-39-20-8-9-25-48(39)63-49(40)29-37/h5-30,55-56,60H,1-4H3,(H,58,59)/p+1. The quantitative estimate of drug-likeness (QED) is 0.181. The van der Waals surface area contributed by atoms with E-state index in [-0.39, 0.29) is 12.3 Å². The number of para-hydroxylation sites is 4. The second kappa shape index (κ2) is 14.3. The summed E-state index contributed by atoms with van der Waals surface area (Å²) in [6.45, 7) is 8.77. The van der Waals surface area contributed by atoms with Crippen LogP contribution >= 0.6 is 11.3 Å². The zero-order valence-corrected chi connectivity index (χ0v) is 36.3. The highest BCUT2D eigenvalue weighted by molar-refractivity contribution is 7.25. The number of amidine groups is 1. The number of nitrogens with one attached hydrogen (secondary N) is 1.